The summed E-state index contributed by atoms with van der Waals surface area (Å²) in [7, 11) is 2.31. The van der Waals surface area contributed by atoms with Crippen molar-refractivity contribution in [3.63, 3.8) is 0 Å². The fraction of sp³-hybridized carbons (Fsp3) is 1.00. The third-order valence-electron chi connectivity index (χ3n) is 4.47. The van der Waals surface area contributed by atoms with Crippen LogP contribution in [0.5, 0.6) is 0 Å². The molecule has 0 amide bonds. The highest BCUT2D eigenvalue weighted by molar-refractivity contribution is 4.84. The summed E-state index contributed by atoms with van der Waals surface area (Å²) in [5.41, 5.74) is 0. The molecule has 17 heavy (non-hydrogen) atoms. The molecule has 0 aromatic heterocycles. The van der Waals surface area contributed by atoms with Crippen molar-refractivity contribution in [2.75, 3.05) is 46.5 Å². The Morgan fingerprint density at radius 2 is 1.88 bits per heavy atom. The van der Waals surface area contributed by atoms with Gasteiger partial charge in [0.25, 0.3) is 0 Å². The van der Waals surface area contributed by atoms with Crippen molar-refractivity contribution in [1.82, 2.24) is 0 Å². The van der Waals surface area contributed by atoms with Crippen LogP contribution in [0.15, 0.2) is 0 Å². The van der Waals surface area contributed by atoms with Gasteiger partial charge in [-0.2, -0.15) is 0 Å². The Balaban J connectivity index is 1.56. The quantitative estimate of drug-likeness (QED) is 0.680. The molecule has 4 heteroatoms. The number of hydrogen-bond donors (Lipinski definition) is 0. The van der Waals surface area contributed by atoms with Crippen molar-refractivity contribution in [2.24, 2.45) is 0 Å². The van der Waals surface area contributed by atoms with E-state index in [9.17, 15) is 0 Å². The minimum absolute atomic E-state index is 0.198. The first kappa shape index (κ1) is 11.9. The monoisotopic (exact) mass is 242 g/mol. The Morgan fingerprint density at radius 1 is 1.18 bits per heavy atom. The first-order valence-corrected chi connectivity index (χ1v) is 6.93. The summed E-state index contributed by atoms with van der Waals surface area (Å²) < 4.78 is 18.6. The molecule has 3 rings (SSSR count). The fourth-order valence-electron chi connectivity index (χ4n) is 3.34. The number of rotatable bonds is 2. The lowest BCUT2D eigenvalue weighted by atomic mass is 10.2. The predicted molar refractivity (Wildman–Crippen MR) is 63.6 cm³/mol. The molecule has 1 saturated carbocycles. The van der Waals surface area contributed by atoms with E-state index >= 15 is 0 Å². The van der Waals surface area contributed by atoms with E-state index in [4.69, 9.17) is 14.2 Å². The highest BCUT2D eigenvalue weighted by atomic mass is 16.7. The van der Waals surface area contributed by atoms with Crippen LogP contribution in [0.4, 0.5) is 0 Å². The second-order valence-corrected chi connectivity index (χ2v) is 6.03. The number of hydrogen-bond acceptors (Lipinski definition) is 3. The number of likely N-dealkylation sites (N-methyl/N-ethyl adjacent to an activating group) is 1. The van der Waals surface area contributed by atoms with Crippen LogP contribution in [0.25, 0.3) is 0 Å². The molecule has 98 valence electrons. The van der Waals surface area contributed by atoms with E-state index < -0.39 is 0 Å². The van der Waals surface area contributed by atoms with Gasteiger partial charge in [0.2, 0.25) is 0 Å². The van der Waals surface area contributed by atoms with E-state index in [1.54, 1.807) is 0 Å². The van der Waals surface area contributed by atoms with Gasteiger partial charge < -0.3 is 18.7 Å². The zero-order valence-electron chi connectivity index (χ0n) is 10.8. The summed E-state index contributed by atoms with van der Waals surface area (Å²) in [4.78, 5) is 0. The van der Waals surface area contributed by atoms with Crippen LogP contribution in [-0.4, -0.2) is 62.9 Å². The number of quaternary nitrogens is 1. The Labute approximate surface area is 103 Å². The topological polar surface area (TPSA) is 27.7 Å². The Hall–Kier alpha value is -0.160. The highest BCUT2D eigenvalue weighted by Gasteiger charge is 2.45. The van der Waals surface area contributed by atoms with Crippen LogP contribution < -0.4 is 0 Å². The lowest BCUT2D eigenvalue weighted by Gasteiger charge is -2.39. The van der Waals surface area contributed by atoms with Crippen molar-refractivity contribution in [2.45, 2.75) is 37.6 Å². The van der Waals surface area contributed by atoms with Crippen molar-refractivity contribution in [3.8, 4) is 0 Å². The Kier molecular flexibility index (Phi) is 3.15. The molecule has 1 aliphatic carbocycles. The van der Waals surface area contributed by atoms with Gasteiger partial charge in [-0.05, 0) is 12.8 Å². The molecule has 2 aliphatic heterocycles. The lowest BCUT2D eigenvalue weighted by Crippen LogP contribution is -2.55. The second-order valence-electron chi connectivity index (χ2n) is 6.03. The molecule has 2 heterocycles. The first-order chi connectivity index (χ1) is 8.20. The molecule has 0 bridgehead atoms. The van der Waals surface area contributed by atoms with Gasteiger partial charge in [-0.3, -0.25) is 0 Å². The zero-order valence-corrected chi connectivity index (χ0v) is 10.8. The van der Waals surface area contributed by atoms with Gasteiger partial charge in [-0.25, -0.2) is 0 Å². The molecule has 3 fully saturated rings. The Bertz CT molecular complexity index is 270. The summed E-state index contributed by atoms with van der Waals surface area (Å²) in [6.45, 7) is 5.84. The summed E-state index contributed by atoms with van der Waals surface area (Å²) in [6.07, 6.45) is 4.99. The summed E-state index contributed by atoms with van der Waals surface area (Å²) >= 11 is 0. The molecular formula is C13H24NO3+. The van der Waals surface area contributed by atoms with E-state index in [2.05, 4.69) is 7.05 Å². The fourth-order valence-corrected chi connectivity index (χ4v) is 3.34. The van der Waals surface area contributed by atoms with Gasteiger partial charge in [0, 0.05) is 12.8 Å². The van der Waals surface area contributed by atoms with Gasteiger partial charge in [-0.15, -0.1) is 0 Å². The lowest BCUT2D eigenvalue weighted by molar-refractivity contribution is -0.919. The maximum absolute atomic E-state index is 6.20. The maximum atomic E-state index is 6.20. The van der Waals surface area contributed by atoms with E-state index in [0.29, 0.717) is 0 Å². The average molecular weight is 242 g/mol. The third kappa shape index (κ3) is 2.50. The normalized spacial score (nSPS) is 35.5. The van der Waals surface area contributed by atoms with Crippen LogP contribution in [0.3, 0.4) is 0 Å². The summed E-state index contributed by atoms with van der Waals surface area (Å²) in [5, 5.41) is 0. The predicted octanol–water partition coefficient (Wildman–Crippen LogP) is 1.15. The molecule has 1 atom stereocenters. The van der Waals surface area contributed by atoms with Crippen molar-refractivity contribution >= 4 is 0 Å². The molecule has 4 nitrogen and oxygen atoms in total. The summed E-state index contributed by atoms with van der Waals surface area (Å²) in [5.74, 6) is -0.198. The van der Waals surface area contributed by atoms with Gasteiger partial charge in [0.1, 0.15) is 25.7 Å². The largest absolute Gasteiger partial charge is 0.370 e. The van der Waals surface area contributed by atoms with Crippen LogP contribution in [0, 0.1) is 0 Å². The van der Waals surface area contributed by atoms with Crippen molar-refractivity contribution < 1.29 is 18.7 Å². The highest BCUT2D eigenvalue weighted by Crippen LogP contribution is 2.39. The van der Waals surface area contributed by atoms with E-state index in [0.717, 1.165) is 56.8 Å². The number of morpholine rings is 1. The standard InChI is InChI=1S/C13H24NO3/c1-14(6-8-15-9-7-14)10-12-11-16-13(17-12)4-2-3-5-13/h12H,2-11H2,1H3/q+1/t12-/m0/s1. The molecule has 0 aromatic rings. The van der Waals surface area contributed by atoms with Gasteiger partial charge in [0.05, 0.1) is 26.9 Å². The molecular weight excluding hydrogens is 218 g/mol. The van der Waals surface area contributed by atoms with Crippen molar-refractivity contribution in [1.29, 1.82) is 0 Å². The average Bonchev–Trinajstić information content (AvgIpc) is 2.91. The molecule has 0 N–H and O–H groups in total. The van der Waals surface area contributed by atoms with Crippen LogP contribution in [0.2, 0.25) is 0 Å². The van der Waals surface area contributed by atoms with Gasteiger partial charge in [0.15, 0.2) is 5.79 Å². The molecule has 3 aliphatic rings. The molecule has 1 spiro atoms. The maximum Gasteiger partial charge on any atom is 0.169 e. The van der Waals surface area contributed by atoms with E-state index in [1.165, 1.54) is 12.8 Å². The molecule has 0 aromatic carbocycles. The Morgan fingerprint density at radius 3 is 2.59 bits per heavy atom. The molecule has 0 unspecified atom stereocenters. The van der Waals surface area contributed by atoms with Crippen LogP contribution >= 0.6 is 0 Å². The molecule has 0 radical (unpaired) electrons. The zero-order chi connectivity index (χ0) is 11.8. The smallest absolute Gasteiger partial charge is 0.169 e. The van der Waals surface area contributed by atoms with Crippen LogP contribution in [0.1, 0.15) is 25.7 Å². The van der Waals surface area contributed by atoms with Crippen LogP contribution in [-0.2, 0) is 14.2 Å². The van der Waals surface area contributed by atoms with Gasteiger partial charge >= 0.3 is 0 Å². The minimum Gasteiger partial charge on any atom is -0.370 e. The third-order valence-corrected chi connectivity index (χ3v) is 4.47. The SMILES string of the molecule is C[N+]1(C[C@H]2COC3(CCCC3)O2)CCOCC1. The number of nitrogens with zero attached hydrogens (tertiary/aromatic N) is 1. The minimum atomic E-state index is -0.198. The van der Waals surface area contributed by atoms with Crippen molar-refractivity contribution in [3.05, 3.63) is 0 Å². The molecule has 2 saturated heterocycles. The second kappa shape index (κ2) is 4.50. The van der Waals surface area contributed by atoms with E-state index in [-0.39, 0.29) is 11.9 Å². The first-order valence-electron chi connectivity index (χ1n) is 6.93. The van der Waals surface area contributed by atoms with E-state index in [1.807, 2.05) is 0 Å². The van der Waals surface area contributed by atoms with Gasteiger partial charge in [-0.1, -0.05) is 0 Å². The number of ether oxygens (including phenoxy) is 3. The summed E-state index contributed by atoms with van der Waals surface area (Å²) in [6, 6.07) is 0.